The fourth-order valence-corrected chi connectivity index (χ4v) is 1.31. The molecule has 6 nitrogen and oxygen atoms in total. The van der Waals surface area contributed by atoms with Crippen LogP contribution in [0.3, 0.4) is 0 Å². The van der Waals surface area contributed by atoms with Crippen molar-refractivity contribution in [2.45, 2.75) is 19.8 Å². The molecule has 0 radical (unpaired) electrons. The van der Waals surface area contributed by atoms with E-state index in [9.17, 15) is 9.59 Å². The number of nitrogens with one attached hydrogen (secondary N) is 1. The Balaban J connectivity index is 2.16. The number of carboxylic acid groups (broad SMARTS) is 1. The molecule has 1 aliphatic rings. The highest BCUT2D eigenvalue weighted by Crippen LogP contribution is 2.06. The van der Waals surface area contributed by atoms with Crippen molar-refractivity contribution in [3.05, 3.63) is 12.0 Å². The highest BCUT2D eigenvalue weighted by molar-refractivity contribution is 5.91. The normalized spacial score (nSPS) is 16.2. The summed E-state index contributed by atoms with van der Waals surface area (Å²) in [5, 5.41) is 11.3. The van der Waals surface area contributed by atoms with Crippen LogP contribution in [0.4, 0.5) is 0 Å². The first-order valence-corrected chi connectivity index (χ1v) is 5.57. The van der Waals surface area contributed by atoms with Crippen LogP contribution in [0.15, 0.2) is 12.0 Å². The molecule has 96 valence electrons. The minimum Gasteiger partial charge on any atom is -0.494 e. The van der Waals surface area contributed by atoms with E-state index < -0.39 is 5.97 Å². The molecule has 17 heavy (non-hydrogen) atoms. The largest absolute Gasteiger partial charge is 0.494 e. The van der Waals surface area contributed by atoms with Gasteiger partial charge in [-0.25, -0.2) is 0 Å². The Bertz CT molecular complexity index is 313. The average Bonchev–Trinajstić information content (AvgIpc) is 2.35. The first-order valence-electron chi connectivity index (χ1n) is 5.57. The summed E-state index contributed by atoms with van der Waals surface area (Å²) in [6, 6.07) is 0. The van der Waals surface area contributed by atoms with Crippen LogP contribution in [0.1, 0.15) is 19.8 Å². The van der Waals surface area contributed by atoms with Gasteiger partial charge in [0, 0.05) is 6.54 Å². The number of hydrogen-bond donors (Lipinski definition) is 2. The Morgan fingerprint density at radius 1 is 1.53 bits per heavy atom. The maximum Gasteiger partial charge on any atom is 0.306 e. The summed E-state index contributed by atoms with van der Waals surface area (Å²) in [6.45, 7) is 2.89. The molecule has 0 aliphatic carbocycles. The maximum absolute atomic E-state index is 11.5. The van der Waals surface area contributed by atoms with Crippen molar-refractivity contribution in [1.82, 2.24) is 5.32 Å². The van der Waals surface area contributed by atoms with Crippen LogP contribution in [0.25, 0.3) is 0 Å². The Labute approximate surface area is 99.6 Å². The van der Waals surface area contributed by atoms with Crippen LogP contribution >= 0.6 is 0 Å². The number of aliphatic carboxylic acids is 1. The van der Waals surface area contributed by atoms with Gasteiger partial charge < -0.3 is 19.9 Å². The third-order valence-corrected chi connectivity index (χ3v) is 2.39. The van der Waals surface area contributed by atoms with Gasteiger partial charge in [-0.2, -0.15) is 0 Å². The molecule has 1 aliphatic heterocycles. The number of carbonyl (C=O) groups is 2. The quantitative estimate of drug-likeness (QED) is 0.663. The summed E-state index contributed by atoms with van der Waals surface area (Å²) in [5.74, 6) is -1.36. The molecule has 0 aromatic rings. The van der Waals surface area contributed by atoms with Crippen molar-refractivity contribution in [2.75, 3.05) is 19.8 Å². The van der Waals surface area contributed by atoms with Crippen LogP contribution in [-0.4, -0.2) is 36.7 Å². The number of carboxylic acids is 1. The molecule has 6 heteroatoms. The number of carbonyl (C=O) groups excluding carboxylic acids is 1. The van der Waals surface area contributed by atoms with Crippen molar-refractivity contribution in [1.29, 1.82) is 0 Å². The molecule has 1 atom stereocenters. The van der Waals surface area contributed by atoms with Crippen molar-refractivity contribution < 1.29 is 24.2 Å². The minimum atomic E-state index is -0.817. The van der Waals surface area contributed by atoms with Gasteiger partial charge in [0.2, 0.25) is 5.76 Å². The highest BCUT2D eigenvalue weighted by atomic mass is 16.6. The summed E-state index contributed by atoms with van der Waals surface area (Å²) in [7, 11) is 0. The first-order chi connectivity index (χ1) is 8.11. The van der Waals surface area contributed by atoms with Crippen molar-refractivity contribution >= 4 is 11.9 Å². The molecule has 0 aromatic carbocycles. The summed E-state index contributed by atoms with van der Waals surface area (Å²) in [4.78, 5) is 22.0. The molecule has 2 N–H and O–H groups in total. The van der Waals surface area contributed by atoms with E-state index in [0.717, 1.165) is 0 Å². The van der Waals surface area contributed by atoms with Crippen LogP contribution in [0.5, 0.6) is 0 Å². The van der Waals surface area contributed by atoms with Crippen molar-refractivity contribution in [3.8, 4) is 0 Å². The van der Waals surface area contributed by atoms with Crippen molar-refractivity contribution in [3.63, 3.8) is 0 Å². The Hall–Kier alpha value is -1.72. The van der Waals surface area contributed by atoms with E-state index in [-0.39, 0.29) is 17.6 Å². The zero-order chi connectivity index (χ0) is 12.7. The van der Waals surface area contributed by atoms with Crippen LogP contribution < -0.4 is 5.32 Å². The predicted octanol–water partition coefficient (Wildman–Crippen LogP) is 0.492. The maximum atomic E-state index is 11.5. The lowest BCUT2D eigenvalue weighted by Gasteiger charge is -2.15. The molecule has 1 amide bonds. The molecule has 0 saturated carbocycles. The molecular weight excluding hydrogens is 226 g/mol. The fourth-order valence-electron chi connectivity index (χ4n) is 1.31. The van der Waals surface area contributed by atoms with Crippen LogP contribution in [0.2, 0.25) is 0 Å². The van der Waals surface area contributed by atoms with Crippen LogP contribution in [0, 0.1) is 5.92 Å². The van der Waals surface area contributed by atoms with E-state index in [1.54, 1.807) is 6.92 Å². The second-order valence-electron chi connectivity index (χ2n) is 3.84. The lowest BCUT2D eigenvalue weighted by atomic mass is 10.1. The lowest BCUT2D eigenvalue weighted by molar-refractivity contribution is -0.141. The molecule has 0 saturated heterocycles. The molecule has 1 heterocycles. The second kappa shape index (κ2) is 6.78. The zero-order valence-electron chi connectivity index (χ0n) is 9.77. The molecular formula is C11H17NO5. The molecule has 1 unspecified atom stereocenters. The number of rotatable bonds is 6. The van der Waals surface area contributed by atoms with E-state index in [4.69, 9.17) is 14.6 Å². The van der Waals surface area contributed by atoms with Gasteiger partial charge in [0.15, 0.2) is 0 Å². The monoisotopic (exact) mass is 243 g/mol. The molecule has 0 spiro atoms. The van der Waals surface area contributed by atoms with Gasteiger partial charge >= 0.3 is 5.97 Å². The molecule has 1 rings (SSSR count). The molecule has 0 fully saturated rings. The van der Waals surface area contributed by atoms with E-state index in [2.05, 4.69) is 5.32 Å². The first kappa shape index (κ1) is 13.3. The Morgan fingerprint density at radius 2 is 2.29 bits per heavy atom. The number of hydrogen-bond acceptors (Lipinski definition) is 4. The van der Waals surface area contributed by atoms with Gasteiger partial charge in [-0.15, -0.1) is 0 Å². The number of amides is 1. The zero-order valence-corrected chi connectivity index (χ0v) is 9.77. The summed E-state index contributed by atoms with van der Waals surface area (Å²) in [6.07, 6.45) is 2.44. The number of ether oxygens (including phenoxy) is 2. The fraction of sp³-hybridized carbons (Fsp3) is 0.636. The van der Waals surface area contributed by atoms with E-state index in [0.29, 0.717) is 32.6 Å². The molecule has 0 bridgehead atoms. The Morgan fingerprint density at radius 3 is 2.88 bits per heavy atom. The third kappa shape index (κ3) is 4.76. The van der Waals surface area contributed by atoms with E-state index in [1.807, 2.05) is 0 Å². The highest BCUT2D eigenvalue weighted by Gasteiger charge is 2.15. The van der Waals surface area contributed by atoms with Gasteiger partial charge in [-0.1, -0.05) is 6.92 Å². The van der Waals surface area contributed by atoms with Gasteiger partial charge in [0.05, 0.1) is 5.92 Å². The molecule has 0 aromatic heterocycles. The van der Waals surface area contributed by atoms with E-state index in [1.165, 1.54) is 6.26 Å². The van der Waals surface area contributed by atoms with E-state index >= 15 is 0 Å². The minimum absolute atomic E-state index is 0.169. The van der Waals surface area contributed by atoms with Gasteiger partial charge in [0.25, 0.3) is 5.91 Å². The third-order valence-electron chi connectivity index (χ3n) is 2.39. The van der Waals surface area contributed by atoms with Gasteiger partial charge in [0.1, 0.15) is 19.5 Å². The summed E-state index contributed by atoms with van der Waals surface area (Å²) in [5.41, 5.74) is 0. The Kier molecular flexibility index (Phi) is 5.32. The second-order valence-corrected chi connectivity index (χ2v) is 3.84. The van der Waals surface area contributed by atoms with Gasteiger partial charge in [-0.3, -0.25) is 9.59 Å². The van der Waals surface area contributed by atoms with Crippen molar-refractivity contribution in [2.24, 2.45) is 5.92 Å². The predicted molar refractivity (Wildman–Crippen MR) is 59.0 cm³/mol. The van der Waals surface area contributed by atoms with Crippen LogP contribution in [-0.2, 0) is 19.1 Å². The average molecular weight is 243 g/mol. The topological polar surface area (TPSA) is 84.9 Å². The summed E-state index contributed by atoms with van der Waals surface area (Å²) >= 11 is 0. The SMILES string of the molecule is CC(CCCNC(=O)C1=COCCO1)C(=O)O. The summed E-state index contributed by atoms with van der Waals surface area (Å²) < 4.78 is 10.0. The standard InChI is InChI=1S/C11H17NO5/c1-8(11(14)15)3-2-4-12-10(13)9-7-16-5-6-17-9/h7-8H,2-6H2,1H3,(H,12,13)(H,14,15). The lowest BCUT2D eigenvalue weighted by Crippen LogP contribution is -2.29. The van der Waals surface area contributed by atoms with Gasteiger partial charge in [-0.05, 0) is 12.8 Å². The smallest absolute Gasteiger partial charge is 0.306 e.